The van der Waals surface area contributed by atoms with Crippen LogP contribution < -0.4 is 5.49 Å². The van der Waals surface area contributed by atoms with Crippen molar-refractivity contribution in [2.45, 2.75) is 45.1 Å². The molecule has 0 bridgehead atoms. The number of aromatic nitrogens is 2. The number of benzene rings is 1. The minimum atomic E-state index is -0.214. The van der Waals surface area contributed by atoms with E-state index >= 15 is 0 Å². The highest BCUT2D eigenvalue weighted by Crippen LogP contribution is 2.22. The number of nitrogens with zero attached hydrogens (tertiary/aromatic N) is 3. The fourth-order valence-corrected chi connectivity index (χ4v) is 3.52. The maximum atomic E-state index is 13.2. The van der Waals surface area contributed by atoms with Gasteiger partial charge in [0.2, 0.25) is 5.89 Å². The van der Waals surface area contributed by atoms with Crippen LogP contribution in [0, 0.1) is 6.92 Å². The summed E-state index contributed by atoms with van der Waals surface area (Å²) in [5, 5.41) is 0. The van der Waals surface area contributed by atoms with Crippen LogP contribution in [-0.4, -0.2) is 21.5 Å². The second-order valence-corrected chi connectivity index (χ2v) is 6.94. The molecule has 0 spiro atoms. The molecule has 3 aromatic rings. The van der Waals surface area contributed by atoms with E-state index in [9.17, 15) is 4.79 Å². The molecule has 5 heteroatoms. The van der Waals surface area contributed by atoms with E-state index in [1.807, 2.05) is 48.5 Å². The molecule has 138 valence electrons. The zero-order valence-electron chi connectivity index (χ0n) is 15.5. The van der Waals surface area contributed by atoms with E-state index in [1.54, 1.807) is 17.7 Å². The maximum Gasteiger partial charge on any atom is 0.285 e. The Balaban J connectivity index is 1.70. The van der Waals surface area contributed by atoms with E-state index < -0.39 is 0 Å². The molecule has 0 unspecified atom stereocenters. The van der Waals surface area contributed by atoms with Gasteiger partial charge in [0.15, 0.2) is 5.69 Å². The molecule has 2 aromatic heterocycles. The Bertz CT molecular complexity index is 996. The van der Waals surface area contributed by atoms with Crippen molar-refractivity contribution in [3.63, 3.8) is 0 Å². The first-order chi connectivity index (χ1) is 13.2. The molecular formula is C22H23N3O2. The highest BCUT2D eigenvalue weighted by Gasteiger charge is 2.20. The van der Waals surface area contributed by atoms with E-state index in [1.165, 1.54) is 19.3 Å². The lowest BCUT2D eigenvalue weighted by Gasteiger charge is -2.17. The first-order valence-electron chi connectivity index (χ1n) is 9.51. The van der Waals surface area contributed by atoms with Gasteiger partial charge in [-0.15, -0.1) is 0 Å². The molecule has 0 saturated heterocycles. The normalized spacial score (nSPS) is 15.8. The molecule has 0 amide bonds. The number of oxazole rings is 1. The van der Waals surface area contributed by atoms with Gasteiger partial charge < -0.3 is 4.42 Å². The molecule has 0 radical (unpaired) electrons. The Morgan fingerprint density at radius 2 is 1.81 bits per heavy atom. The molecule has 0 N–H and O–H groups in total. The van der Waals surface area contributed by atoms with E-state index in [-0.39, 0.29) is 5.91 Å². The molecule has 2 heterocycles. The van der Waals surface area contributed by atoms with Crippen molar-refractivity contribution in [1.29, 1.82) is 0 Å². The van der Waals surface area contributed by atoms with Gasteiger partial charge in [0.25, 0.3) is 5.91 Å². The summed E-state index contributed by atoms with van der Waals surface area (Å²) in [6, 6.07) is 15.5. The SMILES string of the molecule is Cc1oc(-c2ccccc2)nc1C(=O)n1ccccc1=NC1CCCCC1. The zero-order chi connectivity index (χ0) is 18.6. The Hall–Kier alpha value is -2.95. The van der Waals surface area contributed by atoms with Crippen LogP contribution in [0.1, 0.15) is 48.4 Å². The molecule has 0 aliphatic heterocycles. The standard InChI is InChI=1S/C22H23N3O2/c1-16-20(24-21(27-16)17-10-4-2-5-11-17)22(26)25-15-9-8-14-19(25)23-18-12-6-3-7-13-18/h2,4-5,8-11,14-15,18H,3,6-7,12-13H2,1H3. The summed E-state index contributed by atoms with van der Waals surface area (Å²) in [6.45, 7) is 1.77. The minimum Gasteiger partial charge on any atom is -0.441 e. The molecule has 1 aliphatic carbocycles. The van der Waals surface area contributed by atoms with Crippen LogP contribution in [0.15, 0.2) is 64.1 Å². The van der Waals surface area contributed by atoms with Crippen LogP contribution in [-0.2, 0) is 0 Å². The lowest BCUT2D eigenvalue weighted by atomic mass is 9.96. The number of carbonyl (C=O) groups excluding carboxylic acids is 1. The fraction of sp³-hybridized carbons (Fsp3) is 0.318. The first kappa shape index (κ1) is 17.5. The van der Waals surface area contributed by atoms with E-state index in [0.717, 1.165) is 18.4 Å². The molecule has 1 saturated carbocycles. The number of rotatable bonds is 3. The molecular weight excluding hydrogens is 338 g/mol. The third kappa shape index (κ3) is 3.77. The number of hydrogen-bond acceptors (Lipinski definition) is 4. The molecule has 5 nitrogen and oxygen atoms in total. The Morgan fingerprint density at radius 1 is 1.07 bits per heavy atom. The second kappa shape index (κ2) is 7.74. The summed E-state index contributed by atoms with van der Waals surface area (Å²) in [4.78, 5) is 22.5. The number of aryl methyl sites for hydroxylation is 1. The Morgan fingerprint density at radius 3 is 2.59 bits per heavy atom. The molecule has 1 fully saturated rings. The monoisotopic (exact) mass is 361 g/mol. The number of carbonyl (C=O) groups is 1. The van der Waals surface area contributed by atoms with Crippen LogP contribution in [0.3, 0.4) is 0 Å². The van der Waals surface area contributed by atoms with Gasteiger partial charge in [-0.25, -0.2) is 4.98 Å². The number of pyridine rings is 1. The predicted molar refractivity (Wildman–Crippen MR) is 103 cm³/mol. The minimum absolute atomic E-state index is 0.214. The van der Waals surface area contributed by atoms with Crippen molar-refractivity contribution in [2.24, 2.45) is 4.99 Å². The fourth-order valence-electron chi connectivity index (χ4n) is 3.52. The van der Waals surface area contributed by atoms with Crippen molar-refractivity contribution in [2.75, 3.05) is 0 Å². The van der Waals surface area contributed by atoms with E-state index in [2.05, 4.69) is 4.98 Å². The van der Waals surface area contributed by atoms with Gasteiger partial charge in [0.05, 0.1) is 6.04 Å². The molecule has 27 heavy (non-hydrogen) atoms. The summed E-state index contributed by atoms with van der Waals surface area (Å²) >= 11 is 0. The van der Waals surface area contributed by atoms with Crippen LogP contribution in [0.4, 0.5) is 0 Å². The van der Waals surface area contributed by atoms with Crippen molar-refractivity contribution >= 4 is 5.91 Å². The largest absolute Gasteiger partial charge is 0.441 e. The highest BCUT2D eigenvalue weighted by molar-refractivity contribution is 5.95. The zero-order valence-corrected chi connectivity index (χ0v) is 15.5. The molecule has 0 atom stereocenters. The quantitative estimate of drug-likeness (QED) is 0.696. The maximum absolute atomic E-state index is 13.2. The summed E-state index contributed by atoms with van der Waals surface area (Å²) in [5.74, 6) is 0.756. The van der Waals surface area contributed by atoms with Gasteiger partial charge in [-0.05, 0) is 44.0 Å². The Labute approximate surface area is 158 Å². The second-order valence-electron chi connectivity index (χ2n) is 6.94. The van der Waals surface area contributed by atoms with Crippen LogP contribution >= 0.6 is 0 Å². The third-order valence-corrected chi connectivity index (χ3v) is 4.97. The average molecular weight is 361 g/mol. The van der Waals surface area contributed by atoms with Crippen molar-refractivity contribution in [3.05, 3.63) is 71.7 Å². The Kier molecular flexibility index (Phi) is 5.01. The van der Waals surface area contributed by atoms with Crippen LogP contribution in [0.25, 0.3) is 11.5 Å². The van der Waals surface area contributed by atoms with Crippen LogP contribution in [0.5, 0.6) is 0 Å². The van der Waals surface area contributed by atoms with Crippen LogP contribution in [0.2, 0.25) is 0 Å². The van der Waals surface area contributed by atoms with Gasteiger partial charge in [0.1, 0.15) is 11.2 Å². The van der Waals surface area contributed by atoms with Gasteiger partial charge in [0, 0.05) is 11.8 Å². The third-order valence-electron chi connectivity index (χ3n) is 4.97. The lowest BCUT2D eigenvalue weighted by molar-refractivity contribution is 0.0948. The summed E-state index contributed by atoms with van der Waals surface area (Å²) < 4.78 is 7.33. The first-order valence-corrected chi connectivity index (χ1v) is 9.51. The van der Waals surface area contributed by atoms with Crippen molar-refractivity contribution < 1.29 is 9.21 Å². The van der Waals surface area contributed by atoms with Crippen molar-refractivity contribution in [1.82, 2.24) is 9.55 Å². The number of hydrogen-bond donors (Lipinski definition) is 0. The highest BCUT2D eigenvalue weighted by atomic mass is 16.4. The van der Waals surface area contributed by atoms with Crippen molar-refractivity contribution in [3.8, 4) is 11.5 Å². The van der Waals surface area contributed by atoms with Gasteiger partial charge in [-0.2, -0.15) is 0 Å². The lowest BCUT2D eigenvalue weighted by Crippen LogP contribution is -2.29. The topological polar surface area (TPSA) is 60.4 Å². The summed E-state index contributed by atoms with van der Waals surface area (Å²) in [6.07, 6.45) is 7.62. The van der Waals surface area contributed by atoms with E-state index in [0.29, 0.717) is 28.9 Å². The molecule has 1 aliphatic rings. The van der Waals surface area contributed by atoms with Gasteiger partial charge >= 0.3 is 0 Å². The van der Waals surface area contributed by atoms with E-state index in [4.69, 9.17) is 9.41 Å². The average Bonchev–Trinajstić information content (AvgIpc) is 3.11. The smallest absolute Gasteiger partial charge is 0.285 e. The summed E-state index contributed by atoms with van der Waals surface area (Å²) in [5.41, 5.74) is 1.85. The van der Waals surface area contributed by atoms with Gasteiger partial charge in [-0.1, -0.05) is 43.5 Å². The molecule has 4 rings (SSSR count). The predicted octanol–water partition coefficient (Wildman–Crippen LogP) is 4.37. The van der Waals surface area contributed by atoms with Gasteiger partial charge in [-0.3, -0.25) is 14.4 Å². The summed E-state index contributed by atoms with van der Waals surface area (Å²) in [7, 11) is 0. The molecule has 1 aromatic carbocycles.